The number of carbonyl (C=O) groups is 1. The third kappa shape index (κ3) is 3.84. The minimum atomic E-state index is 0.0153. The molecule has 10 nitrogen and oxygen atoms in total. The molecule has 0 aromatic carbocycles. The summed E-state index contributed by atoms with van der Waals surface area (Å²) in [6.45, 7) is 5.71. The van der Waals surface area contributed by atoms with Gasteiger partial charge in [-0.25, -0.2) is 9.97 Å². The van der Waals surface area contributed by atoms with E-state index >= 15 is 0 Å². The molecule has 2 aliphatic rings. The fraction of sp³-hybridized carbons (Fsp3) is 0.476. The van der Waals surface area contributed by atoms with Crippen molar-refractivity contribution in [3.05, 3.63) is 48.2 Å². The number of hydrogen-bond donors (Lipinski definition) is 0. The summed E-state index contributed by atoms with van der Waals surface area (Å²) in [5, 5.41) is 8.85. The number of rotatable bonds is 3. The second-order valence-electron chi connectivity index (χ2n) is 8.29. The summed E-state index contributed by atoms with van der Waals surface area (Å²) in [7, 11) is 4.18. The van der Waals surface area contributed by atoms with Gasteiger partial charge in [0, 0.05) is 64.4 Å². The molecule has 2 aliphatic heterocycles. The molecule has 2 fully saturated rings. The van der Waals surface area contributed by atoms with Crippen molar-refractivity contribution in [3.8, 4) is 0 Å². The van der Waals surface area contributed by atoms with Crippen molar-refractivity contribution in [2.24, 2.45) is 0 Å². The van der Waals surface area contributed by atoms with Crippen molar-refractivity contribution < 1.29 is 4.79 Å². The van der Waals surface area contributed by atoms with E-state index in [1.807, 2.05) is 33.7 Å². The molecule has 3 aromatic heterocycles. The topological polar surface area (TPSA) is 86.0 Å². The molecular formula is C21H27N9O. The molecule has 5 heterocycles. The first-order chi connectivity index (χ1) is 15.1. The van der Waals surface area contributed by atoms with Gasteiger partial charge >= 0.3 is 0 Å². The van der Waals surface area contributed by atoms with E-state index in [2.05, 4.69) is 49.0 Å². The predicted octanol–water partition coefficient (Wildman–Crippen LogP) is 0.400. The van der Waals surface area contributed by atoms with E-state index in [-0.39, 0.29) is 11.9 Å². The smallest absolute Gasteiger partial charge is 0.255 e. The molecule has 5 rings (SSSR count). The number of hydrogen-bond acceptors (Lipinski definition) is 8. The summed E-state index contributed by atoms with van der Waals surface area (Å²) in [6.07, 6.45) is 5.41. The van der Waals surface area contributed by atoms with E-state index in [0.29, 0.717) is 12.1 Å². The first kappa shape index (κ1) is 19.8. The van der Waals surface area contributed by atoms with Gasteiger partial charge in [-0.3, -0.25) is 14.1 Å². The fourth-order valence-electron chi connectivity index (χ4n) is 4.24. The van der Waals surface area contributed by atoms with Crippen LogP contribution in [0.4, 0.5) is 5.95 Å². The minimum absolute atomic E-state index is 0.0153. The largest absolute Gasteiger partial charge is 0.338 e. The van der Waals surface area contributed by atoms with E-state index in [0.717, 1.165) is 56.7 Å². The lowest BCUT2D eigenvalue weighted by atomic mass is 10.1. The highest BCUT2D eigenvalue weighted by Gasteiger charge is 2.31. The number of fused-ring (bicyclic) bond motifs is 1. The number of pyridine rings is 1. The standard InChI is InChI=1S/C21H27N9O/c1-26-8-11-28(12-9-26)20(31)16-4-5-18-24-25-19(30(18)14-16)17-15-29(13-10-27(17)2)21-22-6-3-7-23-21/h3-7,14,17H,8-13,15H2,1-2H3/t17-/m0/s1. The number of anilines is 1. The Hall–Kier alpha value is -3.11. The van der Waals surface area contributed by atoms with Crippen LogP contribution in [0.5, 0.6) is 0 Å². The van der Waals surface area contributed by atoms with Crippen molar-refractivity contribution in [3.63, 3.8) is 0 Å². The summed E-state index contributed by atoms with van der Waals surface area (Å²) in [5.41, 5.74) is 1.41. The van der Waals surface area contributed by atoms with Crippen LogP contribution < -0.4 is 4.90 Å². The monoisotopic (exact) mass is 421 g/mol. The van der Waals surface area contributed by atoms with Crippen molar-refractivity contribution in [2.45, 2.75) is 6.04 Å². The van der Waals surface area contributed by atoms with E-state index < -0.39 is 0 Å². The number of carbonyl (C=O) groups excluding carboxylic acids is 1. The molecule has 31 heavy (non-hydrogen) atoms. The first-order valence-electron chi connectivity index (χ1n) is 10.6. The zero-order valence-electron chi connectivity index (χ0n) is 17.9. The Morgan fingerprint density at radius 2 is 1.74 bits per heavy atom. The zero-order valence-corrected chi connectivity index (χ0v) is 17.9. The van der Waals surface area contributed by atoms with Gasteiger partial charge in [0.05, 0.1) is 11.6 Å². The van der Waals surface area contributed by atoms with Crippen molar-refractivity contribution in [1.82, 2.24) is 39.3 Å². The molecular weight excluding hydrogens is 394 g/mol. The van der Waals surface area contributed by atoms with Gasteiger partial charge in [-0.05, 0) is 32.3 Å². The Morgan fingerprint density at radius 3 is 2.52 bits per heavy atom. The summed E-state index contributed by atoms with van der Waals surface area (Å²) >= 11 is 0. The van der Waals surface area contributed by atoms with Crippen LogP contribution in [0.2, 0.25) is 0 Å². The molecule has 0 aliphatic carbocycles. The summed E-state index contributed by atoms with van der Waals surface area (Å²) < 4.78 is 1.96. The highest BCUT2D eigenvalue weighted by Crippen LogP contribution is 2.25. The lowest BCUT2D eigenvalue weighted by Crippen LogP contribution is -2.48. The number of amides is 1. The Kier molecular flexibility index (Phi) is 5.24. The molecule has 0 saturated carbocycles. The molecule has 0 radical (unpaired) electrons. The van der Waals surface area contributed by atoms with Crippen LogP contribution in [0, 0.1) is 0 Å². The van der Waals surface area contributed by atoms with Crippen LogP contribution in [-0.2, 0) is 0 Å². The number of aromatic nitrogens is 5. The maximum absolute atomic E-state index is 13.1. The maximum Gasteiger partial charge on any atom is 0.255 e. The summed E-state index contributed by atoms with van der Waals surface area (Å²) in [6, 6.07) is 5.56. The Morgan fingerprint density at radius 1 is 0.968 bits per heavy atom. The second-order valence-corrected chi connectivity index (χ2v) is 8.29. The predicted molar refractivity (Wildman–Crippen MR) is 116 cm³/mol. The molecule has 1 atom stereocenters. The third-order valence-corrected chi connectivity index (χ3v) is 6.25. The van der Waals surface area contributed by atoms with Gasteiger partial charge in [0.15, 0.2) is 11.5 Å². The van der Waals surface area contributed by atoms with Gasteiger partial charge in [-0.15, -0.1) is 10.2 Å². The fourth-order valence-corrected chi connectivity index (χ4v) is 4.24. The highest BCUT2D eigenvalue weighted by molar-refractivity contribution is 5.94. The normalized spacial score (nSPS) is 21.0. The third-order valence-electron chi connectivity index (χ3n) is 6.25. The van der Waals surface area contributed by atoms with Gasteiger partial charge in [0.25, 0.3) is 5.91 Å². The minimum Gasteiger partial charge on any atom is -0.338 e. The second kappa shape index (κ2) is 8.20. The van der Waals surface area contributed by atoms with Crippen LogP contribution >= 0.6 is 0 Å². The van der Waals surface area contributed by atoms with E-state index in [1.165, 1.54) is 0 Å². The summed E-state index contributed by atoms with van der Waals surface area (Å²) in [5.74, 6) is 1.61. The molecule has 0 N–H and O–H groups in total. The van der Waals surface area contributed by atoms with Crippen LogP contribution in [-0.4, -0.2) is 105 Å². The number of nitrogens with zero attached hydrogens (tertiary/aromatic N) is 9. The van der Waals surface area contributed by atoms with Crippen LogP contribution in [0.3, 0.4) is 0 Å². The van der Waals surface area contributed by atoms with Crippen LogP contribution in [0.15, 0.2) is 36.8 Å². The molecule has 0 unspecified atom stereocenters. The van der Waals surface area contributed by atoms with E-state index in [1.54, 1.807) is 12.4 Å². The Labute approximate surface area is 181 Å². The first-order valence-corrected chi connectivity index (χ1v) is 10.6. The molecule has 0 bridgehead atoms. The number of likely N-dealkylation sites (N-methyl/N-ethyl adjacent to an activating group) is 2. The quantitative estimate of drug-likeness (QED) is 0.601. The lowest BCUT2D eigenvalue weighted by Gasteiger charge is -2.38. The highest BCUT2D eigenvalue weighted by atomic mass is 16.2. The van der Waals surface area contributed by atoms with Crippen molar-refractivity contribution >= 4 is 17.5 Å². The van der Waals surface area contributed by atoms with Crippen LogP contribution in [0.25, 0.3) is 5.65 Å². The number of piperazine rings is 2. The molecule has 0 spiro atoms. The van der Waals surface area contributed by atoms with Gasteiger partial charge in [0.1, 0.15) is 0 Å². The van der Waals surface area contributed by atoms with Gasteiger partial charge in [-0.1, -0.05) is 0 Å². The molecule has 3 aromatic rings. The van der Waals surface area contributed by atoms with Crippen LogP contribution in [0.1, 0.15) is 22.2 Å². The molecule has 1 amide bonds. The van der Waals surface area contributed by atoms with Gasteiger partial charge in [-0.2, -0.15) is 0 Å². The average molecular weight is 422 g/mol. The lowest BCUT2D eigenvalue weighted by molar-refractivity contribution is 0.0663. The van der Waals surface area contributed by atoms with Crippen molar-refractivity contribution in [1.29, 1.82) is 0 Å². The molecule has 10 heteroatoms. The van der Waals surface area contributed by atoms with Gasteiger partial charge in [0.2, 0.25) is 5.95 Å². The van der Waals surface area contributed by atoms with Gasteiger partial charge < -0.3 is 14.7 Å². The van der Waals surface area contributed by atoms with E-state index in [4.69, 9.17) is 0 Å². The maximum atomic E-state index is 13.1. The zero-order chi connectivity index (χ0) is 21.4. The summed E-state index contributed by atoms with van der Waals surface area (Å²) in [4.78, 5) is 30.5. The molecule has 162 valence electrons. The Bertz CT molecular complexity index is 1060. The molecule has 2 saturated heterocycles. The van der Waals surface area contributed by atoms with E-state index in [9.17, 15) is 4.79 Å². The van der Waals surface area contributed by atoms with Crippen molar-refractivity contribution in [2.75, 3.05) is 64.8 Å². The average Bonchev–Trinajstić information content (AvgIpc) is 3.23. The Balaban J connectivity index is 1.43. The SMILES string of the molecule is CN1CCN(C(=O)c2ccc3nnc([C@@H]4CN(c5ncccn5)CCN4C)n3c2)CC1.